The number of hydrogen-bond donors (Lipinski definition) is 1. The Labute approximate surface area is 128 Å². The first-order chi connectivity index (χ1) is 9.60. The second kappa shape index (κ2) is 6.75. The summed E-state index contributed by atoms with van der Waals surface area (Å²) in [4.78, 5) is 4.44. The summed E-state index contributed by atoms with van der Waals surface area (Å²) in [6.45, 7) is 7.14. The average Bonchev–Trinajstić information content (AvgIpc) is 2.43. The van der Waals surface area contributed by atoms with E-state index in [4.69, 9.17) is 4.74 Å². The number of anilines is 1. The minimum Gasteiger partial charge on any atom is -0.439 e. The molecular weight excluding hydrogens is 316 g/mol. The number of ether oxygens (including phenoxy) is 1. The number of nitrogens with zero attached hydrogens (tertiary/aromatic N) is 1. The molecule has 0 unspecified atom stereocenters. The van der Waals surface area contributed by atoms with Crippen LogP contribution in [0.2, 0.25) is 0 Å². The first-order valence-corrected chi connectivity index (χ1v) is 7.55. The molecule has 2 aromatic rings. The summed E-state index contributed by atoms with van der Waals surface area (Å²) in [5.41, 5.74) is 2.31. The summed E-state index contributed by atoms with van der Waals surface area (Å²) in [5, 5.41) is 3.25. The zero-order chi connectivity index (χ0) is 14.5. The molecule has 1 N–H and O–H groups in total. The van der Waals surface area contributed by atoms with Crippen LogP contribution in [0.3, 0.4) is 0 Å². The van der Waals surface area contributed by atoms with Crippen molar-refractivity contribution in [3.63, 3.8) is 0 Å². The third-order valence-corrected chi connectivity index (χ3v) is 4.16. The second-order valence-corrected chi connectivity index (χ2v) is 5.55. The molecule has 0 aliphatic rings. The molecule has 0 amide bonds. The van der Waals surface area contributed by atoms with Crippen molar-refractivity contribution in [2.45, 2.75) is 27.2 Å². The van der Waals surface area contributed by atoms with Crippen molar-refractivity contribution in [3.8, 4) is 11.6 Å². The molecule has 1 aromatic carbocycles. The lowest BCUT2D eigenvalue weighted by atomic mass is 10.1. The van der Waals surface area contributed by atoms with Gasteiger partial charge in [0.1, 0.15) is 11.6 Å². The maximum absolute atomic E-state index is 5.84. The molecule has 0 atom stereocenters. The van der Waals surface area contributed by atoms with Gasteiger partial charge in [-0.2, -0.15) is 4.98 Å². The Kier molecular flexibility index (Phi) is 5.01. The Morgan fingerprint density at radius 3 is 2.55 bits per heavy atom. The highest BCUT2D eigenvalue weighted by atomic mass is 79.9. The molecule has 106 valence electrons. The van der Waals surface area contributed by atoms with E-state index in [2.05, 4.69) is 47.0 Å². The standard InChI is InChI=1S/C16H19BrN2O/c1-4-8-18-14-6-5-7-15(19-14)20-13-9-11(2)16(17)12(3)10-13/h5-7,9-10H,4,8H2,1-3H3,(H,18,19). The number of pyridine rings is 1. The molecule has 0 aliphatic carbocycles. The van der Waals surface area contributed by atoms with E-state index in [1.807, 2.05) is 30.3 Å². The molecule has 1 aromatic heterocycles. The molecular formula is C16H19BrN2O. The smallest absolute Gasteiger partial charge is 0.221 e. The maximum Gasteiger partial charge on any atom is 0.221 e. The molecule has 3 nitrogen and oxygen atoms in total. The molecule has 2 rings (SSSR count). The summed E-state index contributed by atoms with van der Waals surface area (Å²) in [6.07, 6.45) is 1.07. The van der Waals surface area contributed by atoms with Crippen LogP contribution in [-0.2, 0) is 0 Å². The Morgan fingerprint density at radius 1 is 1.20 bits per heavy atom. The van der Waals surface area contributed by atoms with Crippen molar-refractivity contribution in [1.29, 1.82) is 0 Å². The maximum atomic E-state index is 5.84. The molecule has 0 saturated heterocycles. The van der Waals surface area contributed by atoms with Crippen LogP contribution in [0.4, 0.5) is 5.82 Å². The summed E-state index contributed by atoms with van der Waals surface area (Å²) in [6, 6.07) is 9.76. The van der Waals surface area contributed by atoms with Crippen molar-refractivity contribution < 1.29 is 4.74 Å². The lowest BCUT2D eigenvalue weighted by Gasteiger charge is -2.10. The number of hydrogen-bond acceptors (Lipinski definition) is 3. The number of halogens is 1. The van der Waals surface area contributed by atoms with Crippen molar-refractivity contribution in [2.75, 3.05) is 11.9 Å². The molecule has 0 radical (unpaired) electrons. The number of rotatable bonds is 5. The SMILES string of the molecule is CCCNc1cccc(Oc2cc(C)c(Br)c(C)c2)n1. The highest BCUT2D eigenvalue weighted by Crippen LogP contribution is 2.29. The third kappa shape index (κ3) is 3.73. The van der Waals surface area contributed by atoms with Crippen LogP contribution in [0.5, 0.6) is 11.6 Å². The van der Waals surface area contributed by atoms with Crippen molar-refractivity contribution in [3.05, 3.63) is 45.9 Å². The molecule has 0 bridgehead atoms. The van der Waals surface area contributed by atoms with Gasteiger partial charge in [-0.15, -0.1) is 0 Å². The summed E-state index contributed by atoms with van der Waals surface area (Å²) < 4.78 is 6.97. The highest BCUT2D eigenvalue weighted by Gasteiger charge is 2.05. The van der Waals surface area contributed by atoms with Crippen molar-refractivity contribution >= 4 is 21.7 Å². The van der Waals surface area contributed by atoms with Gasteiger partial charge in [0.25, 0.3) is 0 Å². The predicted octanol–water partition coefficient (Wildman–Crippen LogP) is 5.08. The Bertz CT molecular complexity index is 576. The highest BCUT2D eigenvalue weighted by molar-refractivity contribution is 9.10. The molecule has 20 heavy (non-hydrogen) atoms. The Balaban J connectivity index is 2.17. The summed E-state index contributed by atoms with van der Waals surface area (Å²) in [5.74, 6) is 2.26. The van der Waals surface area contributed by atoms with Gasteiger partial charge < -0.3 is 10.1 Å². The van der Waals surface area contributed by atoms with E-state index in [0.717, 1.165) is 40.1 Å². The normalized spacial score (nSPS) is 10.4. The van der Waals surface area contributed by atoms with Gasteiger partial charge in [0.2, 0.25) is 5.88 Å². The first kappa shape index (κ1) is 14.9. The van der Waals surface area contributed by atoms with Gasteiger partial charge in [-0.1, -0.05) is 28.9 Å². The van der Waals surface area contributed by atoms with Gasteiger partial charge in [-0.3, -0.25) is 0 Å². The molecule has 0 fully saturated rings. The average molecular weight is 335 g/mol. The number of nitrogens with one attached hydrogen (secondary N) is 1. The van der Waals surface area contributed by atoms with Crippen LogP contribution in [0.25, 0.3) is 0 Å². The predicted molar refractivity (Wildman–Crippen MR) is 86.7 cm³/mol. The van der Waals surface area contributed by atoms with E-state index in [-0.39, 0.29) is 0 Å². The minimum atomic E-state index is 0.604. The van der Waals surface area contributed by atoms with E-state index >= 15 is 0 Å². The van der Waals surface area contributed by atoms with Crippen LogP contribution >= 0.6 is 15.9 Å². The number of aromatic nitrogens is 1. The van der Waals surface area contributed by atoms with E-state index in [0.29, 0.717) is 5.88 Å². The molecule has 4 heteroatoms. The third-order valence-electron chi connectivity index (χ3n) is 2.91. The van der Waals surface area contributed by atoms with Crippen LogP contribution in [0, 0.1) is 13.8 Å². The zero-order valence-electron chi connectivity index (χ0n) is 12.0. The summed E-state index contributed by atoms with van der Waals surface area (Å²) in [7, 11) is 0. The lowest BCUT2D eigenvalue weighted by Crippen LogP contribution is -2.02. The number of aryl methyl sites for hydroxylation is 2. The van der Waals surface area contributed by atoms with Gasteiger partial charge in [0, 0.05) is 17.1 Å². The van der Waals surface area contributed by atoms with Crippen LogP contribution in [0.1, 0.15) is 24.5 Å². The van der Waals surface area contributed by atoms with E-state index in [9.17, 15) is 0 Å². The number of benzene rings is 1. The monoisotopic (exact) mass is 334 g/mol. The Morgan fingerprint density at radius 2 is 1.90 bits per heavy atom. The van der Waals surface area contributed by atoms with Gasteiger partial charge in [0.15, 0.2) is 0 Å². The van der Waals surface area contributed by atoms with Crippen molar-refractivity contribution in [2.24, 2.45) is 0 Å². The summed E-state index contributed by atoms with van der Waals surface area (Å²) >= 11 is 3.56. The van der Waals surface area contributed by atoms with Crippen LogP contribution in [0.15, 0.2) is 34.8 Å². The Hall–Kier alpha value is -1.55. The van der Waals surface area contributed by atoms with E-state index in [1.54, 1.807) is 0 Å². The first-order valence-electron chi connectivity index (χ1n) is 6.75. The zero-order valence-corrected chi connectivity index (χ0v) is 13.6. The fourth-order valence-corrected chi connectivity index (χ4v) is 2.14. The fourth-order valence-electron chi connectivity index (χ4n) is 1.91. The van der Waals surface area contributed by atoms with Crippen LogP contribution < -0.4 is 10.1 Å². The fraction of sp³-hybridized carbons (Fsp3) is 0.312. The topological polar surface area (TPSA) is 34.1 Å². The largest absolute Gasteiger partial charge is 0.439 e. The van der Waals surface area contributed by atoms with E-state index < -0.39 is 0 Å². The lowest BCUT2D eigenvalue weighted by molar-refractivity contribution is 0.463. The van der Waals surface area contributed by atoms with Crippen LogP contribution in [-0.4, -0.2) is 11.5 Å². The van der Waals surface area contributed by atoms with Gasteiger partial charge in [0.05, 0.1) is 0 Å². The van der Waals surface area contributed by atoms with Gasteiger partial charge in [-0.25, -0.2) is 0 Å². The minimum absolute atomic E-state index is 0.604. The molecule has 1 heterocycles. The van der Waals surface area contributed by atoms with E-state index in [1.165, 1.54) is 0 Å². The second-order valence-electron chi connectivity index (χ2n) is 4.76. The molecule has 0 saturated carbocycles. The van der Waals surface area contributed by atoms with Gasteiger partial charge >= 0.3 is 0 Å². The van der Waals surface area contributed by atoms with Gasteiger partial charge in [-0.05, 0) is 49.6 Å². The van der Waals surface area contributed by atoms with Crippen molar-refractivity contribution in [1.82, 2.24) is 4.98 Å². The molecule has 0 spiro atoms. The quantitative estimate of drug-likeness (QED) is 0.828. The molecule has 0 aliphatic heterocycles.